The Morgan fingerprint density at radius 3 is 2.19 bits per heavy atom. The molecule has 0 aliphatic carbocycles. The summed E-state index contributed by atoms with van der Waals surface area (Å²) in [7, 11) is 3.37. The van der Waals surface area contributed by atoms with E-state index in [2.05, 4.69) is 22.6 Å². The molecular weight excluding hydrogens is 323 g/mol. The van der Waals surface area contributed by atoms with Crippen LogP contribution in [0.25, 0.3) is 0 Å². The average Bonchev–Trinajstić information content (AvgIpc) is 2.31. The summed E-state index contributed by atoms with van der Waals surface area (Å²) < 4.78 is 22.8. The molecule has 0 aromatic rings. The zero-order valence-corrected chi connectivity index (χ0v) is 12.2. The first-order valence-corrected chi connectivity index (χ1v) is 7.08. The number of methoxy groups -OCH3 is 2. The third-order valence-corrected chi connectivity index (χ3v) is 4.16. The molecule has 0 saturated carbocycles. The van der Waals surface area contributed by atoms with E-state index in [4.69, 9.17) is 18.9 Å². The molecule has 0 radical (unpaired) electrons. The third kappa shape index (κ3) is 4.44. The molecule has 1 heterocycles. The number of halogens is 1. The maximum Gasteiger partial charge on any atom is 0.105 e. The summed E-state index contributed by atoms with van der Waals surface area (Å²) in [6.07, 6.45) is 1.93. The van der Waals surface area contributed by atoms with Gasteiger partial charge in [-0.25, -0.2) is 0 Å². The van der Waals surface area contributed by atoms with Crippen LogP contribution in [-0.4, -0.2) is 56.8 Å². The monoisotopic (exact) mass is 344 g/mol. The molecule has 4 nitrogen and oxygen atoms in total. The van der Waals surface area contributed by atoms with Crippen molar-refractivity contribution in [2.75, 3.05) is 45.1 Å². The van der Waals surface area contributed by atoms with Crippen molar-refractivity contribution < 1.29 is 18.9 Å². The first-order chi connectivity index (χ1) is 7.76. The maximum atomic E-state index is 6.17. The van der Waals surface area contributed by atoms with E-state index in [9.17, 15) is 0 Å². The molecule has 0 amide bonds. The minimum Gasteiger partial charge on any atom is -0.382 e. The fourth-order valence-corrected chi connectivity index (χ4v) is 2.81. The van der Waals surface area contributed by atoms with Gasteiger partial charge in [-0.2, -0.15) is 0 Å². The van der Waals surface area contributed by atoms with Gasteiger partial charge in [-0.3, -0.25) is 0 Å². The summed E-state index contributed by atoms with van der Waals surface area (Å²) in [5.41, 5.74) is -0.0550. The third-order valence-electron chi connectivity index (χ3n) is 2.77. The summed E-state index contributed by atoms with van der Waals surface area (Å²) in [6, 6.07) is 0. The Balaban J connectivity index is 2.50. The molecule has 1 rings (SSSR count). The molecular formula is C11H21IO4. The van der Waals surface area contributed by atoms with E-state index in [0.29, 0.717) is 13.2 Å². The molecule has 5 heteroatoms. The van der Waals surface area contributed by atoms with Crippen LogP contribution in [-0.2, 0) is 18.9 Å². The second kappa shape index (κ2) is 7.81. The summed E-state index contributed by atoms with van der Waals surface area (Å²) in [5, 5.41) is 0. The molecule has 16 heavy (non-hydrogen) atoms. The van der Waals surface area contributed by atoms with E-state index >= 15 is 0 Å². The number of hydrogen-bond donors (Lipinski definition) is 0. The zero-order chi connectivity index (χ0) is 11.9. The Kier molecular flexibility index (Phi) is 7.14. The lowest BCUT2D eigenvalue weighted by Crippen LogP contribution is -2.45. The van der Waals surface area contributed by atoms with Crippen LogP contribution in [0, 0.1) is 0 Å². The molecule has 0 spiro atoms. The first kappa shape index (κ1) is 14.6. The number of rotatable bonds is 7. The van der Waals surface area contributed by atoms with Crippen molar-refractivity contribution in [3.8, 4) is 0 Å². The standard InChI is InChI=1S/C11H21IO4/c1-13-7-10(8-14-2)16-11(9-12)3-5-15-6-4-11/h10H,3-9H2,1-2H3. The topological polar surface area (TPSA) is 36.9 Å². The molecule has 96 valence electrons. The molecule has 0 unspecified atom stereocenters. The summed E-state index contributed by atoms with van der Waals surface area (Å²) in [5.74, 6) is 0. The van der Waals surface area contributed by atoms with Crippen LogP contribution >= 0.6 is 22.6 Å². The van der Waals surface area contributed by atoms with E-state index in [0.717, 1.165) is 30.5 Å². The van der Waals surface area contributed by atoms with Crippen LogP contribution in [0.3, 0.4) is 0 Å². The molecule has 1 aliphatic rings. The minimum atomic E-state index is -0.0550. The Morgan fingerprint density at radius 1 is 1.19 bits per heavy atom. The fraction of sp³-hybridized carbons (Fsp3) is 1.00. The lowest BCUT2D eigenvalue weighted by molar-refractivity contribution is -0.155. The van der Waals surface area contributed by atoms with Crippen LogP contribution in [0.15, 0.2) is 0 Å². The molecule has 1 saturated heterocycles. The van der Waals surface area contributed by atoms with Gasteiger partial charge in [-0.15, -0.1) is 0 Å². The SMILES string of the molecule is COCC(COC)OC1(CI)CCOCC1. The van der Waals surface area contributed by atoms with E-state index < -0.39 is 0 Å². The normalized spacial score (nSPS) is 20.2. The van der Waals surface area contributed by atoms with E-state index in [-0.39, 0.29) is 11.7 Å². The molecule has 0 aromatic heterocycles. The molecule has 0 N–H and O–H groups in total. The Morgan fingerprint density at radius 2 is 1.75 bits per heavy atom. The summed E-state index contributed by atoms with van der Waals surface area (Å²) >= 11 is 2.39. The van der Waals surface area contributed by atoms with Crippen molar-refractivity contribution in [2.45, 2.75) is 24.5 Å². The van der Waals surface area contributed by atoms with Crippen molar-refractivity contribution in [2.24, 2.45) is 0 Å². The zero-order valence-electron chi connectivity index (χ0n) is 10.0. The Labute approximate surface area is 111 Å². The number of ether oxygens (including phenoxy) is 4. The van der Waals surface area contributed by atoms with E-state index in [1.807, 2.05) is 0 Å². The number of alkyl halides is 1. The lowest BCUT2D eigenvalue weighted by Gasteiger charge is -2.38. The highest BCUT2D eigenvalue weighted by molar-refractivity contribution is 14.1. The van der Waals surface area contributed by atoms with Crippen molar-refractivity contribution in [1.29, 1.82) is 0 Å². The van der Waals surface area contributed by atoms with Gasteiger partial charge in [0.1, 0.15) is 6.10 Å². The van der Waals surface area contributed by atoms with Gasteiger partial charge >= 0.3 is 0 Å². The average molecular weight is 344 g/mol. The van der Waals surface area contributed by atoms with Gasteiger partial charge < -0.3 is 18.9 Å². The van der Waals surface area contributed by atoms with Crippen LogP contribution in [0.2, 0.25) is 0 Å². The van der Waals surface area contributed by atoms with Crippen molar-refractivity contribution >= 4 is 22.6 Å². The van der Waals surface area contributed by atoms with Gasteiger partial charge in [0.05, 0.1) is 18.8 Å². The van der Waals surface area contributed by atoms with Gasteiger partial charge in [-0.05, 0) is 0 Å². The first-order valence-electron chi connectivity index (χ1n) is 5.56. The van der Waals surface area contributed by atoms with Gasteiger partial charge in [0.25, 0.3) is 0 Å². The molecule has 0 atom stereocenters. The maximum absolute atomic E-state index is 6.17. The predicted molar refractivity (Wildman–Crippen MR) is 70.3 cm³/mol. The van der Waals surface area contributed by atoms with Crippen LogP contribution in [0.4, 0.5) is 0 Å². The molecule has 0 bridgehead atoms. The molecule has 0 aromatic carbocycles. The van der Waals surface area contributed by atoms with E-state index in [1.165, 1.54) is 0 Å². The van der Waals surface area contributed by atoms with Crippen molar-refractivity contribution in [3.63, 3.8) is 0 Å². The second-order valence-electron chi connectivity index (χ2n) is 4.08. The molecule has 1 aliphatic heterocycles. The lowest BCUT2D eigenvalue weighted by atomic mass is 9.96. The van der Waals surface area contributed by atoms with Crippen molar-refractivity contribution in [3.05, 3.63) is 0 Å². The molecule has 1 fully saturated rings. The second-order valence-corrected chi connectivity index (χ2v) is 4.84. The van der Waals surface area contributed by atoms with Gasteiger partial charge in [0.2, 0.25) is 0 Å². The highest BCUT2D eigenvalue weighted by Gasteiger charge is 2.35. The summed E-state index contributed by atoms with van der Waals surface area (Å²) in [4.78, 5) is 0. The number of hydrogen-bond acceptors (Lipinski definition) is 4. The predicted octanol–water partition coefficient (Wildman–Crippen LogP) is 1.65. The van der Waals surface area contributed by atoms with E-state index in [1.54, 1.807) is 14.2 Å². The highest BCUT2D eigenvalue weighted by Crippen LogP contribution is 2.29. The Bertz CT molecular complexity index is 177. The van der Waals surface area contributed by atoms with Crippen LogP contribution < -0.4 is 0 Å². The fourth-order valence-electron chi connectivity index (χ4n) is 1.87. The summed E-state index contributed by atoms with van der Waals surface area (Å²) in [6.45, 7) is 2.73. The van der Waals surface area contributed by atoms with Crippen molar-refractivity contribution in [1.82, 2.24) is 0 Å². The van der Waals surface area contributed by atoms with Gasteiger partial charge in [0.15, 0.2) is 0 Å². The highest BCUT2D eigenvalue weighted by atomic mass is 127. The quantitative estimate of drug-likeness (QED) is 0.520. The minimum absolute atomic E-state index is 0.0165. The smallest absolute Gasteiger partial charge is 0.105 e. The van der Waals surface area contributed by atoms with Crippen LogP contribution in [0.1, 0.15) is 12.8 Å². The van der Waals surface area contributed by atoms with Gasteiger partial charge in [-0.1, -0.05) is 22.6 Å². The Hall–Kier alpha value is 0.570. The van der Waals surface area contributed by atoms with Crippen LogP contribution in [0.5, 0.6) is 0 Å². The van der Waals surface area contributed by atoms with Gasteiger partial charge in [0, 0.05) is 44.7 Å². The largest absolute Gasteiger partial charge is 0.382 e.